The van der Waals surface area contributed by atoms with E-state index in [1.54, 1.807) is 20.0 Å². The van der Waals surface area contributed by atoms with Gasteiger partial charge >= 0.3 is 0 Å². The van der Waals surface area contributed by atoms with Gasteiger partial charge in [-0.05, 0) is 62.9 Å². The number of rotatable bonds is 7. The summed E-state index contributed by atoms with van der Waals surface area (Å²) < 4.78 is 13.9. The molecule has 3 N–H and O–H groups in total. The molecule has 7 nitrogen and oxygen atoms in total. The smallest absolute Gasteiger partial charge is 0.245 e. The average molecular weight is 498 g/mol. The van der Waals surface area contributed by atoms with Crippen molar-refractivity contribution in [1.29, 1.82) is 0 Å². The molecule has 2 amide bonds. The van der Waals surface area contributed by atoms with E-state index in [9.17, 15) is 14.0 Å². The number of halogens is 1. The maximum Gasteiger partial charge on any atom is 0.245 e. The Hall–Kier alpha value is -2.45. The van der Waals surface area contributed by atoms with Gasteiger partial charge in [-0.1, -0.05) is 26.7 Å². The van der Waals surface area contributed by atoms with Gasteiger partial charge < -0.3 is 20.5 Å². The Labute approximate surface area is 213 Å². The fourth-order valence-corrected chi connectivity index (χ4v) is 6.84. The lowest BCUT2D eigenvalue weighted by Crippen LogP contribution is -2.56. The number of hydrogen-bond donors (Lipinski definition) is 3. The lowest BCUT2D eigenvalue weighted by molar-refractivity contribution is -0.139. The van der Waals surface area contributed by atoms with E-state index in [2.05, 4.69) is 25.4 Å². The summed E-state index contributed by atoms with van der Waals surface area (Å²) in [5, 5.41) is 7.02. The standard InChI is InChI=1S/C28H40FN5O2/c1-16(2)25(32-27(35)17(3)30-4)28(36)33-12-11-24-26(33)22(15-34(24)19-7-5-6-8-19)21-14-31-23-13-18(29)9-10-20(21)23/h9-10,13-14,16-17,19,22,24-26,30-31H,5-8,11-12,15H2,1-4H3,(H,32,35)/t17-,22+,24+,25-,26+/m0/s1. The highest BCUT2D eigenvalue weighted by Crippen LogP contribution is 2.46. The fraction of sp³-hybridized carbons (Fsp3) is 0.643. The highest BCUT2D eigenvalue weighted by atomic mass is 19.1. The molecule has 0 bridgehead atoms. The monoisotopic (exact) mass is 497 g/mol. The molecule has 3 aliphatic rings. The number of hydrogen-bond acceptors (Lipinski definition) is 4. The number of carbonyl (C=O) groups excluding carboxylic acids is 2. The van der Waals surface area contributed by atoms with Gasteiger partial charge in [0, 0.05) is 48.2 Å². The molecule has 3 heterocycles. The minimum absolute atomic E-state index is 0.0123. The van der Waals surface area contributed by atoms with Crippen LogP contribution in [0, 0.1) is 11.7 Å². The van der Waals surface area contributed by atoms with Crippen LogP contribution in [-0.4, -0.2) is 76.9 Å². The molecule has 0 radical (unpaired) electrons. The second-order valence-corrected chi connectivity index (χ2v) is 11.3. The first-order valence-corrected chi connectivity index (χ1v) is 13.6. The van der Waals surface area contributed by atoms with E-state index in [0.717, 1.165) is 29.4 Å². The lowest BCUT2D eigenvalue weighted by atomic mass is 9.90. The summed E-state index contributed by atoms with van der Waals surface area (Å²) in [6.45, 7) is 7.39. The molecule has 196 valence electrons. The molecule has 5 atom stereocenters. The molecule has 2 aliphatic heterocycles. The van der Waals surface area contributed by atoms with E-state index in [4.69, 9.17) is 0 Å². The van der Waals surface area contributed by atoms with Gasteiger partial charge in [-0.15, -0.1) is 0 Å². The molecule has 2 aromatic rings. The average Bonchev–Trinajstić information content (AvgIpc) is 3.64. The summed E-state index contributed by atoms with van der Waals surface area (Å²) in [5.74, 6) is -0.281. The molecular weight excluding hydrogens is 457 g/mol. The lowest BCUT2D eigenvalue weighted by Gasteiger charge is -2.34. The number of H-pyrrole nitrogens is 1. The molecule has 0 unspecified atom stereocenters. The zero-order valence-corrected chi connectivity index (χ0v) is 21.9. The summed E-state index contributed by atoms with van der Waals surface area (Å²) in [6, 6.07) is 4.92. The Kier molecular flexibility index (Phi) is 7.10. The number of carbonyl (C=O) groups is 2. The molecular formula is C28H40FN5O2. The van der Waals surface area contributed by atoms with Gasteiger partial charge in [0.15, 0.2) is 0 Å². The zero-order valence-electron chi connectivity index (χ0n) is 21.9. The molecule has 8 heteroatoms. The van der Waals surface area contributed by atoms with Crippen LogP contribution >= 0.6 is 0 Å². The van der Waals surface area contributed by atoms with Crippen LogP contribution in [0.3, 0.4) is 0 Å². The van der Waals surface area contributed by atoms with Crippen LogP contribution in [0.5, 0.6) is 0 Å². The number of nitrogens with one attached hydrogen (secondary N) is 3. The number of likely N-dealkylation sites (tertiary alicyclic amines) is 2. The summed E-state index contributed by atoms with van der Waals surface area (Å²) in [4.78, 5) is 34.7. The largest absolute Gasteiger partial charge is 0.361 e. The minimum atomic E-state index is -0.565. The quantitative estimate of drug-likeness (QED) is 0.548. The topological polar surface area (TPSA) is 80.5 Å². The Balaban J connectivity index is 1.48. The molecule has 3 fully saturated rings. The van der Waals surface area contributed by atoms with Crippen LogP contribution in [0.25, 0.3) is 10.9 Å². The maximum atomic E-state index is 14.0. The summed E-state index contributed by atoms with van der Waals surface area (Å²) in [6.07, 6.45) is 7.94. The molecule has 0 spiro atoms. The van der Waals surface area contributed by atoms with Gasteiger partial charge in [-0.2, -0.15) is 0 Å². The van der Waals surface area contributed by atoms with Gasteiger partial charge in [0.05, 0.1) is 12.1 Å². The second kappa shape index (κ2) is 10.1. The van der Waals surface area contributed by atoms with E-state index in [1.165, 1.54) is 31.7 Å². The third kappa shape index (κ3) is 4.43. The van der Waals surface area contributed by atoms with E-state index >= 15 is 0 Å². The van der Waals surface area contributed by atoms with Crippen molar-refractivity contribution in [3.63, 3.8) is 0 Å². The minimum Gasteiger partial charge on any atom is -0.361 e. The first-order valence-electron chi connectivity index (χ1n) is 13.6. The number of benzene rings is 1. The normalized spacial score (nSPS) is 26.6. The third-order valence-corrected chi connectivity index (χ3v) is 8.87. The van der Waals surface area contributed by atoms with Crippen LogP contribution in [-0.2, 0) is 9.59 Å². The van der Waals surface area contributed by atoms with Crippen LogP contribution in [0.4, 0.5) is 4.39 Å². The Morgan fingerprint density at radius 3 is 2.58 bits per heavy atom. The molecule has 1 aromatic heterocycles. The van der Waals surface area contributed by atoms with Crippen molar-refractivity contribution in [3.8, 4) is 0 Å². The highest BCUT2D eigenvalue weighted by molar-refractivity contribution is 5.90. The Bertz CT molecular complexity index is 1110. The zero-order chi connectivity index (χ0) is 25.6. The Morgan fingerprint density at radius 1 is 1.14 bits per heavy atom. The SMILES string of the molecule is CN[C@@H](C)C(=O)N[C@H](C(=O)N1CC[C@@H]2[C@H]1[C@@H](c1c[nH]c3cc(F)ccc13)CN2C1CCCC1)C(C)C. The maximum absolute atomic E-state index is 14.0. The van der Waals surface area contributed by atoms with Crippen molar-refractivity contribution in [2.24, 2.45) is 5.92 Å². The summed E-state index contributed by atoms with van der Waals surface area (Å²) in [7, 11) is 1.75. The number of aromatic nitrogens is 1. The fourth-order valence-electron chi connectivity index (χ4n) is 6.84. The summed E-state index contributed by atoms with van der Waals surface area (Å²) >= 11 is 0. The molecule has 36 heavy (non-hydrogen) atoms. The number of fused-ring (bicyclic) bond motifs is 2. The van der Waals surface area contributed by atoms with Crippen LogP contribution in [0.15, 0.2) is 24.4 Å². The third-order valence-electron chi connectivity index (χ3n) is 8.87. The van der Waals surface area contributed by atoms with Gasteiger partial charge in [0.1, 0.15) is 11.9 Å². The van der Waals surface area contributed by atoms with Gasteiger partial charge in [-0.3, -0.25) is 14.5 Å². The van der Waals surface area contributed by atoms with Gasteiger partial charge in [-0.25, -0.2) is 4.39 Å². The van der Waals surface area contributed by atoms with Crippen molar-refractivity contribution >= 4 is 22.7 Å². The van der Waals surface area contributed by atoms with Gasteiger partial charge in [0.25, 0.3) is 0 Å². The van der Waals surface area contributed by atoms with Crippen molar-refractivity contribution in [1.82, 2.24) is 25.4 Å². The molecule has 1 aromatic carbocycles. The Morgan fingerprint density at radius 2 is 1.89 bits per heavy atom. The highest BCUT2D eigenvalue weighted by Gasteiger charge is 2.53. The number of amides is 2. The molecule has 2 saturated heterocycles. The van der Waals surface area contributed by atoms with Crippen molar-refractivity contribution in [2.45, 2.75) is 89.0 Å². The van der Waals surface area contributed by atoms with E-state index in [-0.39, 0.29) is 41.6 Å². The van der Waals surface area contributed by atoms with Crippen LogP contribution < -0.4 is 10.6 Å². The van der Waals surface area contributed by atoms with Crippen molar-refractivity contribution in [2.75, 3.05) is 20.1 Å². The van der Waals surface area contributed by atoms with Crippen LogP contribution in [0.1, 0.15) is 64.4 Å². The van der Waals surface area contributed by atoms with Crippen molar-refractivity contribution < 1.29 is 14.0 Å². The predicted molar refractivity (Wildman–Crippen MR) is 139 cm³/mol. The number of aromatic amines is 1. The van der Waals surface area contributed by atoms with E-state index in [1.807, 2.05) is 26.1 Å². The summed E-state index contributed by atoms with van der Waals surface area (Å²) in [5.41, 5.74) is 1.96. The first kappa shape index (κ1) is 25.2. The number of nitrogens with zero attached hydrogens (tertiary/aromatic N) is 2. The van der Waals surface area contributed by atoms with Crippen molar-refractivity contribution in [3.05, 3.63) is 35.8 Å². The molecule has 1 saturated carbocycles. The first-order chi connectivity index (χ1) is 17.3. The molecule has 1 aliphatic carbocycles. The van der Waals surface area contributed by atoms with E-state index < -0.39 is 6.04 Å². The van der Waals surface area contributed by atoms with E-state index in [0.29, 0.717) is 18.6 Å². The number of likely N-dealkylation sites (N-methyl/N-ethyl adjacent to an activating group) is 1. The van der Waals surface area contributed by atoms with Gasteiger partial charge in [0.2, 0.25) is 11.8 Å². The second-order valence-electron chi connectivity index (χ2n) is 11.3. The van der Waals surface area contributed by atoms with Crippen LogP contribution in [0.2, 0.25) is 0 Å². The predicted octanol–water partition coefficient (Wildman–Crippen LogP) is 3.37. The molecule has 5 rings (SSSR count).